The maximum absolute atomic E-state index is 13.0. The molecule has 2 aromatic carbocycles. The maximum Gasteiger partial charge on any atom is 0.306 e. The molecule has 31 heavy (non-hydrogen) atoms. The fraction of sp³-hybridized carbons (Fsp3) is 0.375. The Bertz CT molecular complexity index is 1000. The summed E-state index contributed by atoms with van der Waals surface area (Å²) < 4.78 is 4.98. The SMILES string of the molecule is CCOC(=O)CCC(=O)N1CCN(Cc2ccccc2)CC1c1nc2ccccc2[nH]1. The Labute approximate surface area is 182 Å². The Hall–Kier alpha value is -3.19. The molecule has 1 amide bonds. The molecule has 162 valence electrons. The van der Waals surface area contributed by atoms with Crippen molar-refractivity contribution in [2.75, 3.05) is 26.2 Å². The largest absolute Gasteiger partial charge is 0.466 e. The highest BCUT2D eigenvalue weighted by atomic mass is 16.5. The average molecular weight is 421 g/mol. The van der Waals surface area contributed by atoms with E-state index in [1.54, 1.807) is 6.92 Å². The lowest BCUT2D eigenvalue weighted by Gasteiger charge is -2.40. The van der Waals surface area contributed by atoms with Gasteiger partial charge in [-0.05, 0) is 24.6 Å². The smallest absolute Gasteiger partial charge is 0.306 e. The van der Waals surface area contributed by atoms with Crippen LogP contribution in [0.2, 0.25) is 0 Å². The number of ether oxygens (including phenoxy) is 1. The van der Waals surface area contributed by atoms with Gasteiger partial charge in [0.05, 0.1) is 24.1 Å². The predicted molar refractivity (Wildman–Crippen MR) is 118 cm³/mol. The second-order valence-corrected chi connectivity index (χ2v) is 7.77. The summed E-state index contributed by atoms with van der Waals surface area (Å²) in [4.78, 5) is 37.1. The van der Waals surface area contributed by atoms with Crippen LogP contribution in [0.3, 0.4) is 0 Å². The van der Waals surface area contributed by atoms with E-state index in [0.717, 1.165) is 29.9 Å². The molecule has 3 aromatic rings. The van der Waals surface area contributed by atoms with E-state index in [4.69, 9.17) is 9.72 Å². The summed E-state index contributed by atoms with van der Waals surface area (Å²) in [5, 5.41) is 0. The van der Waals surface area contributed by atoms with Crippen LogP contribution in [0.5, 0.6) is 0 Å². The molecular weight excluding hydrogens is 392 g/mol. The molecule has 1 saturated heterocycles. The number of nitrogens with one attached hydrogen (secondary N) is 1. The first-order valence-electron chi connectivity index (χ1n) is 10.8. The number of fused-ring (bicyclic) bond motifs is 1. The Kier molecular flexibility index (Phi) is 6.62. The molecule has 0 spiro atoms. The summed E-state index contributed by atoms with van der Waals surface area (Å²) in [7, 11) is 0. The second-order valence-electron chi connectivity index (χ2n) is 7.77. The van der Waals surface area contributed by atoms with Gasteiger partial charge in [0.2, 0.25) is 5.91 Å². The highest BCUT2D eigenvalue weighted by molar-refractivity contribution is 5.82. The molecule has 0 saturated carbocycles. The Balaban J connectivity index is 1.53. The zero-order valence-electron chi connectivity index (χ0n) is 17.8. The first-order valence-corrected chi connectivity index (χ1v) is 10.8. The van der Waals surface area contributed by atoms with Gasteiger partial charge in [0.25, 0.3) is 0 Å². The maximum atomic E-state index is 13.0. The van der Waals surface area contributed by atoms with E-state index >= 15 is 0 Å². The summed E-state index contributed by atoms with van der Waals surface area (Å²) >= 11 is 0. The monoisotopic (exact) mass is 420 g/mol. The number of carbonyl (C=O) groups excluding carboxylic acids is 2. The van der Waals surface area contributed by atoms with Crippen molar-refractivity contribution >= 4 is 22.9 Å². The van der Waals surface area contributed by atoms with Crippen LogP contribution in [0.25, 0.3) is 11.0 Å². The third-order valence-corrected chi connectivity index (χ3v) is 5.61. The van der Waals surface area contributed by atoms with E-state index in [-0.39, 0.29) is 30.8 Å². The molecule has 1 aliphatic rings. The van der Waals surface area contributed by atoms with Crippen LogP contribution >= 0.6 is 0 Å². The highest BCUT2D eigenvalue weighted by Gasteiger charge is 2.33. The molecule has 7 heteroatoms. The van der Waals surface area contributed by atoms with E-state index in [9.17, 15) is 9.59 Å². The van der Waals surface area contributed by atoms with Gasteiger partial charge in [-0.2, -0.15) is 0 Å². The Morgan fingerprint density at radius 1 is 1.06 bits per heavy atom. The number of hydrogen-bond acceptors (Lipinski definition) is 5. The van der Waals surface area contributed by atoms with E-state index in [2.05, 4.69) is 22.0 Å². The van der Waals surface area contributed by atoms with Crippen LogP contribution in [0.4, 0.5) is 0 Å². The Morgan fingerprint density at radius 3 is 2.61 bits per heavy atom. The summed E-state index contributed by atoms with van der Waals surface area (Å²) in [6, 6.07) is 18.0. The fourth-order valence-corrected chi connectivity index (χ4v) is 4.07. The van der Waals surface area contributed by atoms with Crippen molar-refractivity contribution in [1.82, 2.24) is 19.8 Å². The molecule has 1 aromatic heterocycles. The van der Waals surface area contributed by atoms with E-state index in [1.807, 2.05) is 47.4 Å². The normalized spacial score (nSPS) is 17.1. The minimum absolute atomic E-state index is 0.0436. The molecule has 1 N–H and O–H groups in total. The fourth-order valence-electron chi connectivity index (χ4n) is 4.07. The van der Waals surface area contributed by atoms with Crippen LogP contribution in [0.15, 0.2) is 54.6 Å². The number of benzene rings is 2. The number of piperazine rings is 1. The van der Waals surface area contributed by atoms with Gasteiger partial charge in [-0.15, -0.1) is 0 Å². The number of imidazole rings is 1. The zero-order chi connectivity index (χ0) is 21.6. The van der Waals surface area contributed by atoms with Crippen molar-refractivity contribution < 1.29 is 14.3 Å². The van der Waals surface area contributed by atoms with Crippen LogP contribution in [-0.2, 0) is 20.9 Å². The minimum atomic E-state index is -0.334. The van der Waals surface area contributed by atoms with Gasteiger partial charge >= 0.3 is 5.97 Å². The van der Waals surface area contributed by atoms with Gasteiger partial charge in [-0.25, -0.2) is 4.98 Å². The third-order valence-electron chi connectivity index (χ3n) is 5.61. The zero-order valence-corrected chi connectivity index (χ0v) is 17.8. The number of esters is 1. The minimum Gasteiger partial charge on any atom is -0.466 e. The molecule has 1 unspecified atom stereocenters. The quantitative estimate of drug-likeness (QED) is 0.594. The second kappa shape index (κ2) is 9.75. The molecule has 1 fully saturated rings. The molecular formula is C24H28N4O3. The predicted octanol–water partition coefficient (Wildman–Crippen LogP) is 3.29. The van der Waals surface area contributed by atoms with E-state index in [1.165, 1.54) is 5.56 Å². The van der Waals surface area contributed by atoms with Gasteiger partial charge in [0, 0.05) is 32.6 Å². The number of para-hydroxylation sites is 2. The van der Waals surface area contributed by atoms with Gasteiger partial charge in [0.15, 0.2) is 0 Å². The van der Waals surface area contributed by atoms with Crippen LogP contribution in [0, 0.1) is 0 Å². The molecule has 0 radical (unpaired) electrons. The summed E-state index contributed by atoms with van der Waals surface area (Å²) in [5.41, 5.74) is 3.08. The van der Waals surface area contributed by atoms with Crippen molar-refractivity contribution in [2.45, 2.75) is 32.4 Å². The summed E-state index contributed by atoms with van der Waals surface area (Å²) in [6.07, 6.45) is 0.248. The lowest BCUT2D eigenvalue weighted by molar-refractivity contribution is -0.147. The summed E-state index contributed by atoms with van der Waals surface area (Å²) in [6.45, 7) is 4.96. The van der Waals surface area contributed by atoms with E-state index in [0.29, 0.717) is 19.7 Å². The van der Waals surface area contributed by atoms with Crippen LogP contribution < -0.4 is 0 Å². The van der Waals surface area contributed by atoms with Crippen LogP contribution in [-0.4, -0.2) is 57.9 Å². The third kappa shape index (κ3) is 5.11. The summed E-state index contributed by atoms with van der Waals surface area (Å²) in [5.74, 6) is 0.403. The molecule has 1 atom stereocenters. The average Bonchev–Trinajstić information content (AvgIpc) is 3.23. The van der Waals surface area contributed by atoms with Crippen molar-refractivity contribution in [2.24, 2.45) is 0 Å². The van der Waals surface area contributed by atoms with Gasteiger partial charge < -0.3 is 14.6 Å². The van der Waals surface area contributed by atoms with Crippen molar-refractivity contribution in [3.8, 4) is 0 Å². The highest BCUT2D eigenvalue weighted by Crippen LogP contribution is 2.27. The molecule has 0 bridgehead atoms. The number of carbonyl (C=O) groups is 2. The van der Waals surface area contributed by atoms with Crippen molar-refractivity contribution in [3.63, 3.8) is 0 Å². The number of aromatic amines is 1. The number of amides is 1. The Morgan fingerprint density at radius 2 is 1.84 bits per heavy atom. The van der Waals surface area contributed by atoms with Gasteiger partial charge in [-0.1, -0.05) is 42.5 Å². The first-order chi connectivity index (χ1) is 15.1. The molecule has 0 aliphatic carbocycles. The van der Waals surface area contributed by atoms with Gasteiger partial charge in [-0.3, -0.25) is 14.5 Å². The number of H-pyrrole nitrogens is 1. The standard InChI is InChI=1S/C24H28N4O3/c1-2-31-23(30)13-12-22(29)28-15-14-27(16-18-8-4-3-5-9-18)17-21(28)24-25-19-10-6-7-11-20(19)26-24/h3-11,21H,2,12-17H2,1H3,(H,25,26). The van der Waals surface area contributed by atoms with Gasteiger partial charge in [0.1, 0.15) is 11.9 Å². The number of aromatic nitrogens is 2. The topological polar surface area (TPSA) is 78.5 Å². The van der Waals surface area contributed by atoms with Crippen molar-refractivity contribution in [1.29, 1.82) is 0 Å². The number of hydrogen-bond donors (Lipinski definition) is 1. The number of rotatable bonds is 7. The molecule has 2 heterocycles. The van der Waals surface area contributed by atoms with E-state index < -0.39 is 0 Å². The van der Waals surface area contributed by atoms with Crippen LogP contribution in [0.1, 0.15) is 37.2 Å². The molecule has 1 aliphatic heterocycles. The lowest BCUT2D eigenvalue weighted by Crippen LogP contribution is -2.50. The molecule has 4 rings (SSSR count). The number of nitrogens with zero attached hydrogens (tertiary/aromatic N) is 3. The lowest BCUT2D eigenvalue weighted by atomic mass is 10.1. The molecule has 7 nitrogen and oxygen atoms in total. The van der Waals surface area contributed by atoms with Crippen molar-refractivity contribution in [3.05, 3.63) is 66.0 Å². The first kappa shape index (κ1) is 21.1.